The fourth-order valence-electron chi connectivity index (χ4n) is 2.46. The highest BCUT2D eigenvalue weighted by molar-refractivity contribution is 4.79. The molecule has 1 saturated carbocycles. The molecule has 0 amide bonds. The van der Waals surface area contributed by atoms with E-state index in [2.05, 4.69) is 19.2 Å². The first-order chi connectivity index (χ1) is 7.63. The summed E-state index contributed by atoms with van der Waals surface area (Å²) >= 11 is 0. The molecule has 2 N–H and O–H groups in total. The van der Waals surface area contributed by atoms with E-state index in [1.54, 1.807) is 7.11 Å². The molecule has 0 aliphatic heterocycles. The number of aliphatic hydroxyl groups excluding tert-OH is 1. The first-order valence-corrected chi connectivity index (χ1v) is 6.53. The standard InChI is InChI=1S/C13H27NO2/c1-10-4-5-12(8-11(10)2)14-7-6-13(15)9-16-3/h10-15H,4-9H2,1-3H3/t10-,11-,12+,13+/m0/s1. The summed E-state index contributed by atoms with van der Waals surface area (Å²) in [6, 6.07) is 0.654. The van der Waals surface area contributed by atoms with Crippen LogP contribution in [0.1, 0.15) is 39.5 Å². The number of hydrogen-bond donors (Lipinski definition) is 2. The van der Waals surface area contributed by atoms with Crippen molar-refractivity contribution in [2.24, 2.45) is 11.8 Å². The smallest absolute Gasteiger partial charge is 0.0785 e. The van der Waals surface area contributed by atoms with E-state index >= 15 is 0 Å². The van der Waals surface area contributed by atoms with Gasteiger partial charge in [0.15, 0.2) is 0 Å². The predicted octanol–water partition coefficient (Wildman–Crippen LogP) is 1.80. The molecule has 0 radical (unpaired) electrons. The molecule has 0 aromatic rings. The summed E-state index contributed by atoms with van der Waals surface area (Å²) in [4.78, 5) is 0. The van der Waals surface area contributed by atoms with E-state index in [4.69, 9.17) is 4.74 Å². The molecular formula is C13H27NO2. The molecule has 16 heavy (non-hydrogen) atoms. The Balaban J connectivity index is 2.09. The van der Waals surface area contributed by atoms with Gasteiger partial charge in [-0.05, 0) is 44.1 Å². The van der Waals surface area contributed by atoms with Crippen LogP contribution in [0.15, 0.2) is 0 Å². The van der Waals surface area contributed by atoms with Crippen LogP contribution in [0.2, 0.25) is 0 Å². The van der Waals surface area contributed by atoms with E-state index in [0.29, 0.717) is 12.6 Å². The molecule has 0 aromatic carbocycles. The van der Waals surface area contributed by atoms with Gasteiger partial charge in [0.25, 0.3) is 0 Å². The van der Waals surface area contributed by atoms with E-state index in [9.17, 15) is 5.11 Å². The third-order valence-corrected chi connectivity index (χ3v) is 3.87. The molecule has 0 bridgehead atoms. The van der Waals surface area contributed by atoms with Gasteiger partial charge >= 0.3 is 0 Å². The fraction of sp³-hybridized carbons (Fsp3) is 1.00. The minimum atomic E-state index is -0.322. The highest BCUT2D eigenvalue weighted by Crippen LogP contribution is 2.29. The zero-order valence-corrected chi connectivity index (χ0v) is 10.9. The van der Waals surface area contributed by atoms with E-state index in [1.807, 2.05) is 0 Å². The van der Waals surface area contributed by atoms with E-state index < -0.39 is 0 Å². The maximum atomic E-state index is 9.51. The van der Waals surface area contributed by atoms with Gasteiger partial charge in [0.05, 0.1) is 12.7 Å². The monoisotopic (exact) mass is 229 g/mol. The van der Waals surface area contributed by atoms with Crippen LogP contribution in [-0.2, 0) is 4.74 Å². The Morgan fingerprint density at radius 3 is 2.69 bits per heavy atom. The van der Waals surface area contributed by atoms with Gasteiger partial charge in [0, 0.05) is 13.2 Å². The van der Waals surface area contributed by atoms with Crippen LogP contribution in [0.25, 0.3) is 0 Å². The lowest BCUT2D eigenvalue weighted by atomic mass is 9.79. The Kier molecular flexibility index (Phi) is 6.32. The van der Waals surface area contributed by atoms with Gasteiger partial charge in [-0.15, -0.1) is 0 Å². The van der Waals surface area contributed by atoms with Crippen LogP contribution in [0.4, 0.5) is 0 Å². The van der Waals surface area contributed by atoms with Gasteiger partial charge in [-0.3, -0.25) is 0 Å². The zero-order valence-electron chi connectivity index (χ0n) is 10.9. The summed E-state index contributed by atoms with van der Waals surface area (Å²) in [5.74, 6) is 1.70. The van der Waals surface area contributed by atoms with Crippen LogP contribution >= 0.6 is 0 Å². The fourth-order valence-corrected chi connectivity index (χ4v) is 2.46. The van der Waals surface area contributed by atoms with Crippen molar-refractivity contribution >= 4 is 0 Å². The largest absolute Gasteiger partial charge is 0.391 e. The molecule has 1 rings (SSSR count). The molecule has 0 spiro atoms. The second kappa shape index (κ2) is 7.25. The third-order valence-electron chi connectivity index (χ3n) is 3.87. The molecule has 96 valence electrons. The Labute approximate surface area is 99.6 Å². The number of hydrogen-bond acceptors (Lipinski definition) is 3. The Hall–Kier alpha value is -0.120. The van der Waals surface area contributed by atoms with Crippen molar-refractivity contribution in [3.63, 3.8) is 0 Å². The van der Waals surface area contributed by atoms with E-state index in [0.717, 1.165) is 24.8 Å². The quantitative estimate of drug-likeness (QED) is 0.730. The number of rotatable bonds is 6. The van der Waals surface area contributed by atoms with Crippen molar-refractivity contribution in [3.05, 3.63) is 0 Å². The summed E-state index contributed by atoms with van der Waals surface area (Å²) < 4.78 is 4.90. The highest BCUT2D eigenvalue weighted by Gasteiger charge is 2.23. The van der Waals surface area contributed by atoms with Crippen molar-refractivity contribution in [2.75, 3.05) is 20.3 Å². The normalized spacial score (nSPS) is 32.6. The minimum Gasteiger partial charge on any atom is -0.391 e. The number of methoxy groups -OCH3 is 1. The van der Waals surface area contributed by atoms with Gasteiger partial charge < -0.3 is 15.2 Å². The summed E-state index contributed by atoms with van der Waals surface area (Å²) in [5.41, 5.74) is 0. The lowest BCUT2D eigenvalue weighted by Crippen LogP contribution is -2.37. The summed E-state index contributed by atoms with van der Waals surface area (Å²) in [5, 5.41) is 13.1. The average Bonchev–Trinajstić information content (AvgIpc) is 2.24. The molecule has 4 atom stereocenters. The number of ether oxygens (including phenoxy) is 1. The Morgan fingerprint density at radius 1 is 1.31 bits per heavy atom. The first kappa shape index (κ1) is 13.9. The minimum absolute atomic E-state index is 0.322. The number of aliphatic hydroxyl groups is 1. The average molecular weight is 229 g/mol. The first-order valence-electron chi connectivity index (χ1n) is 6.53. The van der Waals surface area contributed by atoms with Crippen molar-refractivity contribution in [1.82, 2.24) is 5.32 Å². The van der Waals surface area contributed by atoms with Crippen LogP contribution in [0.3, 0.4) is 0 Å². The lowest BCUT2D eigenvalue weighted by Gasteiger charge is -2.32. The summed E-state index contributed by atoms with van der Waals surface area (Å²) in [7, 11) is 1.63. The Bertz CT molecular complexity index is 187. The molecule has 0 aromatic heterocycles. The van der Waals surface area contributed by atoms with E-state index in [1.165, 1.54) is 19.3 Å². The second-order valence-corrected chi connectivity index (χ2v) is 5.32. The predicted molar refractivity (Wildman–Crippen MR) is 66.5 cm³/mol. The van der Waals surface area contributed by atoms with E-state index in [-0.39, 0.29) is 6.10 Å². The van der Waals surface area contributed by atoms with Gasteiger partial charge in [-0.2, -0.15) is 0 Å². The topological polar surface area (TPSA) is 41.5 Å². The SMILES string of the molecule is COC[C@H](O)CCN[C@@H]1CC[C@H](C)[C@@H](C)C1. The van der Waals surface area contributed by atoms with Gasteiger partial charge in [-0.1, -0.05) is 13.8 Å². The van der Waals surface area contributed by atoms with Crippen molar-refractivity contribution < 1.29 is 9.84 Å². The van der Waals surface area contributed by atoms with Crippen LogP contribution < -0.4 is 5.32 Å². The molecule has 1 aliphatic rings. The molecular weight excluding hydrogens is 202 g/mol. The maximum Gasteiger partial charge on any atom is 0.0785 e. The molecule has 0 unspecified atom stereocenters. The van der Waals surface area contributed by atoms with Gasteiger partial charge in [0.1, 0.15) is 0 Å². The molecule has 1 fully saturated rings. The van der Waals surface area contributed by atoms with Crippen molar-refractivity contribution in [3.8, 4) is 0 Å². The number of nitrogens with one attached hydrogen (secondary N) is 1. The second-order valence-electron chi connectivity index (χ2n) is 5.32. The molecule has 0 heterocycles. The maximum absolute atomic E-state index is 9.51. The lowest BCUT2D eigenvalue weighted by molar-refractivity contribution is 0.0583. The van der Waals surface area contributed by atoms with Crippen LogP contribution in [0, 0.1) is 11.8 Å². The van der Waals surface area contributed by atoms with Gasteiger partial charge in [0.2, 0.25) is 0 Å². The molecule has 1 aliphatic carbocycles. The van der Waals surface area contributed by atoms with Crippen molar-refractivity contribution in [1.29, 1.82) is 0 Å². The summed E-state index contributed by atoms with van der Waals surface area (Å²) in [6.07, 6.45) is 4.36. The molecule has 3 nitrogen and oxygen atoms in total. The zero-order chi connectivity index (χ0) is 12.0. The van der Waals surface area contributed by atoms with Gasteiger partial charge in [-0.25, -0.2) is 0 Å². The highest BCUT2D eigenvalue weighted by atomic mass is 16.5. The van der Waals surface area contributed by atoms with Crippen molar-refractivity contribution in [2.45, 2.75) is 51.7 Å². The third kappa shape index (κ3) is 4.81. The van der Waals surface area contributed by atoms with Crippen LogP contribution in [-0.4, -0.2) is 37.5 Å². The molecule has 3 heteroatoms. The Morgan fingerprint density at radius 2 is 2.06 bits per heavy atom. The summed E-state index contributed by atoms with van der Waals surface area (Å²) in [6.45, 7) is 6.04. The van der Waals surface area contributed by atoms with Crippen LogP contribution in [0.5, 0.6) is 0 Å². The molecule has 0 saturated heterocycles.